The summed E-state index contributed by atoms with van der Waals surface area (Å²) >= 11 is 1.74. The number of sulfonamides is 1. The fourth-order valence-corrected chi connectivity index (χ4v) is 4.44. The van der Waals surface area contributed by atoms with Gasteiger partial charge in [-0.3, -0.25) is 0 Å². The summed E-state index contributed by atoms with van der Waals surface area (Å²) in [5, 5.41) is 0. The van der Waals surface area contributed by atoms with Crippen molar-refractivity contribution in [2.75, 3.05) is 30.3 Å². The van der Waals surface area contributed by atoms with E-state index in [4.69, 9.17) is 5.73 Å². The van der Waals surface area contributed by atoms with E-state index in [1.165, 1.54) is 10.4 Å². The van der Waals surface area contributed by atoms with Gasteiger partial charge in [0, 0.05) is 18.8 Å². The largest absolute Gasteiger partial charge is 0.398 e. The lowest BCUT2D eigenvalue weighted by Gasteiger charge is -2.20. The van der Waals surface area contributed by atoms with Gasteiger partial charge in [-0.25, -0.2) is 12.8 Å². The quantitative estimate of drug-likeness (QED) is 0.839. The van der Waals surface area contributed by atoms with Gasteiger partial charge in [0.05, 0.1) is 5.69 Å². The van der Waals surface area contributed by atoms with Crippen LogP contribution in [0.2, 0.25) is 0 Å². The van der Waals surface area contributed by atoms with Gasteiger partial charge in [0.15, 0.2) is 0 Å². The van der Waals surface area contributed by atoms with Gasteiger partial charge < -0.3 is 5.73 Å². The Morgan fingerprint density at radius 2 is 2.06 bits per heavy atom. The second-order valence-corrected chi connectivity index (χ2v) is 7.18. The van der Waals surface area contributed by atoms with Crippen LogP contribution in [0.15, 0.2) is 23.1 Å². The average molecular weight is 290 g/mol. The Morgan fingerprint density at radius 3 is 2.78 bits per heavy atom. The summed E-state index contributed by atoms with van der Waals surface area (Å²) in [6, 6.07) is 3.40. The number of rotatable bonds is 2. The molecule has 1 saturated heterocycles. The first-order valence-electron chi connectivity index (χ1n) is 5.65. The number of benzene rings is 1. The van der Waals surface area contributed by atoms with Gasteiger partial charge in [-0.1, -0.05) is 0 Å². The van der Waals surface area contributed by atoms with E-state index in [9.17, 15) is 12.8 Å². The van der Waals surface area contributed by atoms with Crippen LogP contribution in [0.1, 0.15) is 6.42 Å². The molecule has 0 atom stereocenters. The highest BCUT2D eigenvalue weighted by atomic mass is 32.2. The summed E-state index contributed by atoms with van der Waals surface area (Å²) in [7, 11) is -3.60. The molecule has 0 aliphatic carbocycles. The zero-order valence-electron chi connectivity index (χ0n) is 9.80. The van der Waals surface area contributed by atoms with Crippen molar-refractivity contribution in [2.24, 2.45) is 0 Å². The SMILES string of the molecule is Nc1cc(F)ccc1S(=O)(=O)N1CCCSCC1. The van der Waals surface area contributed by atoms with E-state index in [1.54, 1.807) is 11.8 Å². The molecule has 1 aliphatic rings. The number of nitrogen functional groups attached to an aromatic ring is 1. The van der Waals surface area contributed by atoms with Crippen molar-refractivity contribution in [3.63, 3.8) is 0 Å². The molecule has 1 aliphatic heterocycles. The van der Waals surface area contributed by atoms with Gasteiger partial charge in [0.2, 0.25) is 10.0 Å². The summed E-state index contributed by atoms with van der Waals surface area (Å²) in [4.78, 5) is -0.00389. The number of hydrogen-bond donors (Lipinski definition) is 1. The number of hydrogen-bond acceptors (Lipinski definition) is 4. The van der Waals surface area contributed by atoms with Crippen LogP contribution in [0.5, 0.6) is 0 Å². The number of halogens is 1. The van der Waals surface area contributed by atoms with Gasteiger partial charge in [-0.15, -0.1) is 0 Å². The Bertz CT molecular complexity index is 526. The van der Waals surface area contributed by atoms with E-state index >= 15 is 0 Å². The third-order valence-electron chi connectivity index (χ3n) is 2.77. The van der Waals surface area contributed by atoms with Crippen molar-refractivity contribution < 1.29 is 12.8 Å². The number of anilines is 1. The number of thioether (sulfide) groups is 1. The molecular weight excluding hydrogens is 275 g/mol. The molecule has 2 N–H and O–H groups in total. The monoisotopic (exact) mass is 290 g/mol. The summed E-state index contributed by atoms with van der Waals surface area (Å²) < 4.78 is 39.2. The maximum atomic E-state index is 13.0. The minimum atomic E-state index is -3.60. The third-order valence-corrected chi connectivity index (χ3v) is 5.79. The second-order valence-electron chi connectivity index (χ2n) is 4.05. The summed E-state index contributed by atoms with van der Waals surface area (Å²) in [6.07, 6.45) is 0.824. The zero-order valence-corrected chi connectivity index (χ0v) is 11.4. The van der Waals surface area contributed by atoms with E-state index in [0.29, 0.717) is 13.1 Å². The molecule has 1 fully saturated rings. The van der Waals surface area contributed by atoms with Crippen LogP contribution in [0.3, 0.4) is 0 Å². The molecule has 0 saturated carbocycles. The molecule has 0 unspecified atom stereocenters. The molecule has 1 aromatic rings. The molecule has 4 nitrogen and oxygen atoms in total. The topological polar surface area (TPSA) is 63.4 Å². The Kier molecular flexibility index (Phi) is 4.14. The highest BCUT2D eigenvalue weighted by Crippen LogP contribution is 2.25. The van der Waals surface area contributed by atoms with Crippen molar-refractivity contribution >= 4 is 27.5 Å². The van der Waals surface area contributed by atoms with Crippen LogP contribution < -0.4 is 5.73 Å². The predicted molar refractivity (Wildman–Crippen MR) is 71.5 cm³/mol. The minimum Gasteiger partial charge on any atom is -0.398 e. The summed E-state index contributed by atoms with van der Waals surface area (Å²) in [6.45, 7) is 0.968. The van der Waals surface area contributed by atoms with E-state index in [1.807, 2.05) is 0 Å². The maximum absolute atomic E-state index is 13.0. The molecule has 0 spiro atoms. The van der Waals surface area contributed by atoms with E-state index in [2.05, 4.69) is 0 Å². The van der Waals surface area contributed by atoms with Crippen LogP contribution >= 0.6 is 11.8 Å². The van der Waals surface area contributed by atoms with Crippen molar-refractivity contribution in [1.29, 1.82) is 0 Å². The number of nitrogens with two attached hydrogens (primary N) is 1. The highest BCUT2D eigenvalue weighted by Gasteiger charge is 2.27. The van der Waals surface area contributed by atoms with Crippen LogP contribution in [0.4, 0.5) is 10.1 Å². The fourth-order valence-electron chi connectivity index (χ4n) is 1.86. The molecule has 100 valence electrons. The van der Waals surface area contributed by atoms with Crippen molar-refractivity contribution in [3.05, 3.63) is 24.0 Å². The first kappa shape index (κ1) is 13.6. The van der Waals surface area contributed by atoms with Crippen LogP contribution in [-0.4, -0.2) is 37.3 Å². The zero-order chi connectivity index (χ0) is 13.2. The fraction of sp³-hybridized carbons (Fsp3) is 0.455. The Hall–Kier alpha value is -0.790. The van der Waals surface area contributed by atoms with E-state index in [-0.39, 0.29) is 10.6 Å². The molecule has 0 bridgehead atoms. The first-order valence-corrected chi connectivity index (χ1v) is 8.24. The van der Waals surface area contributed by atoms with Gasteiger partial charge in [0.25, 0.3) is 0 Å². The third kappa shape index (κ3) is 2.78. The number of nitrogens with zero attached hydrogens (tertiary/aromatic N) is 1. The normalized spacial score (nSPS) is 18.5. The average Bonchev–Trinajstić information content (AvgIpc) is 2.57. The van der Waals surface area contributed by atoms with Gasteiger partial charge in [0.1, 0.15) is 10.7 Å². The molecule has 1 aromatic carbocycles. The van der Waals surface area contributed by atoms with E-state index < -0.39 is 15.8 Å². The first-order chi connectivity index (χ1) is 8.51. The predicted octanol–water partition coefficient (Wildman–Crippen LogP) is 1.54. The molecule has 2 rings (SSSR count). The molecule has 0 aromatic heterocycles. The van der Waals surface area contributed by atoms with Crippen molar-refractivity contribution in [1.82, 2.24) is 4.31 Å². The Morgan fingerprint density at radius 1 is 1.28 bits per heavy atom. The lowest BCUT2D eigenvalue weighted by molar-refractivity contribution is 0.435. The van der Waals surface area contributed by atoms with Crippen LogP contribution in [0, 0.1) is 5.82 Å². The van der Waals surface area contributed by atoms with E-state index in [0.717, 1.165) is 30.1 Å². The molecule has 1 heterocycles. The van der Waals surface area contributed by atoms with Crippen LogP contribution in [0.25, 0.3) is 0 Å². The lowest BCUT2D eigenvalue weighted by Crippen LogP contribution is -2.33. The minimum absolute atomic E-state index is 0.00389. The standard InChI is InChI=1S/C11H15FN2O2S2/c12-9-2-3-11(10(13)8-9)18(15,16)14-4-1-6-17-7-5-14/h2-3,8H,1,4-7,13H2. The second kappa shape index (κ2) is 5.46. The van der Waals surface area contributed by atoms with Crippen molar-refractivity contribution in [2.45, 2.75) is 11.3 Å². The van der Waals surface area contributed by atoms with Gasteiger partial charge in [-0.2, -0.15) is 16.1 Å². The summed E-state index contributed by atoms with van der Waals surface area (Å²) in [5.41, 5.74) is 5.57. The molecule has 0 amide bonds. The molecule has 7 heteroatoms. The van der Waals surface area contributed by atoms with Gasteiger partial charge >= 0.3 is 0 Å². The van der Waals surface area contributed by atoms with Gasteiger partial charge in [-0.05, 0) is 30.4 Å². The maximum Gasteiger partial charge on any atom is 0.245 e. The highest BCUT2D eigenvalue weighted by molar-refractivity contribution is 7.99. The smallest absolute Gasteiger partial charge is 0.245 e. The van der Waals surface area contributed by atoms with Crippen molar-refractivity contribution in [3.8, 4) is 0 Å². The Balaban J connectivity index is 2.34. The lowest BCUT2D eigenvalue weighted by atomic mass is 10.3. The Labute approximate surface area is 110 Å². The van der Waals surface area contributed by atoms with Crippen LogP contribution in [-0.2, 0) is 10.0 Å². The molecular formula is C11H15FN2O2S2. The molecule has 0 radical (unpaired) electrons. The molecule has 18 heavy (non-hydrogen) atoms. The summed E-state index contributed by atoms with van der Waals surface area (Å²) in [5.74, 6) is 1.21.